The van der Waals surface area contributed by atoms with Crippen LogP contribution in [0.2, 0.25) is 0 Å². The lowest BCUT2D eigenvalue weighted by Crippen LogP contribution is -2.39. The minimum atomic E-state index is 0.407. The lowest BCUT2D eigenvalue weighted by Gasteiger charge is -2.29. The molecule has 1 aliphatic rings. The Kier molecular flexibility index (Phi) is 2.89. The second-order valence-corrected chi connectivity index (χ2v) is 4.20. The van der Waals surface area contributed by atoms with E-state index in [1.54, 1.807) is 0 Å². The van der Waals surface area contributed by atoms with Crippen LogP contribution in [0.5, 0.6) is 0 Å². The molecular weight excluding hydrogens is 176 g/mol. The largest absolute Gasteiger partial charge is 0.468 e. The number of rotatable bonds is 2. The summed E-state index contributed by atoms with van der Waals surface area (Å²) in [4.78, 5) is 2.40. The molecule has 1 saturated heterocycles. The van der Waals surface area contributed by atoms with Gasteiger partial charge in [0.15, 0.2) is 0 Å². The molecule has 0 saturated carbocycles. The molecule has 0 aromatic carbocycles. The van der Waals surface area contributed by atoms with Gasteiger partial charge in [-0.3, -0.25) is 4.90 Å². The second-order valence-electron chi connectivity index (χ2n) is 4.20. The Morgan fingerprint density at radius 2 is 2.21 bits per heavy atom. The zero-order valence-electron chi connectivity index (χ0n) is 8.70. The molecule has 1 aliphatic heterocycles. The normalized spacial score (nSPS) is 20.1. The van der Waals surface area contributed by atoms with Gasteiger partial charge in [0.25, 0.3) is 0 Å². The first-order chi connectivity index (χ1) is 6.74. The molecule has 1 aromatic heterocycles. The Hall–Kier alpha value is -0.800. The molecule has 14 heavy (non-hydrogen) atoms. The molecule has 0 radical (unpaired) electrons. The summed E-state index contributed by atoms with van der Waals surface area (Å²) < 4.78 is 5.42. The molecule has 0 unspecified atom stereocenters. The van der Waals surface area contributed by atoms with E-state index in [4.69, 9.17) is 10.2 Å². The highest BCUT2D eigenvalue weighted by molar-refractivity contribution is 5.10. The molecule has 3 nitrogen and oxygen atoms in total. The molecule has 2 heterocycles. The van der Waals surface area contributed by atoms with Gasteiger partial charge in [-0.15, -0.1) is 0 Å². The summed E-state index contributed by atoms with van der Waals surface area (Å²) in [6.45, 7) is 5.18. The second kappa shape index (κ2) is 4.15. The minimum absolute atomic E-state index is 0.407. The van der Waals surface area contributed by atoms with Gasteiger partial charge in [0.1, 0.15) is 5.76 Å². The van der Waals surface area contributed by atoms with E-state index >= 15 is 0 Å². The van der Waals surface area contributed by atoms with Crippen molar-refractivity contribution in [3.8, 4) is 0 Å². The van der Waals surface area contributed by atoms with E-state index in [-0.39, 0.29) is 0 Å². The van der Waals surface area contributed by atoms with Gasteiger partial charge in [-0.05, 0) is 31.4 Å². The number of hydrogen-bond donors (Lipinski definition) is 1. The lowest BCUT2D eigenvalue weighted by atomic mass is 10.1. The summed E-state index contributed by atoms with van der Waals surface area (Å²) in [5, 5.41) is 0. The first-order valence-electron chi connectivity index (χ1n) is 5.26. The quantitative estimate of drug-likeness (QED) is 0.776. The smallest absolute Gasteiger partial charge is 0.118 e. The van der Waals surface area contributed by atoms with Crippen LogP contribution in [0.1, 0.15) is 24.2 Å². The predicted molar refractivity (Wildman–Crippen MR) is 55.9 cm³/mol. The number of nitrogens with two attached hydrogens (primary N) is 1. The summed E-state index contributed by atoms with van der Waals surface area (Å²) in [7, 11) is 0. The predicted octanol–water partition coefficient (Wildman–Crippen LogP) is 1.51. The average molecular weight is 194 g/mol. The van der Waals surface area contributed by atoms with Crippen molar-refractivity contribution in [3.63, 3.8) is 0 Å². The molecule has 2 N–H and O–H groups in total. The van der Waals surface area contributed by atoms with Crippen LogP contribution in [0, 0.1) is 6.92 Å². The topological polar surface area (TPSA) is 42.4 Å². The summed E-state index contributed by atoms with van der Waals surface area (Å²) in [5.74, 6) is 1.07. The molecule has 0 aliphatic carbocycles. The Balaban J connectivity index is 1.86. The average Bonchev–Trinajstić information content (AvgIpc) is 2.56. The third-order valence-electron chi connectivity index (χ3n) is 2.80. The lowest BCUT2D eigenvalue weighted by molar-refractivity contribution is 0.192. The van der Waals surface area contributed by atoms with Crippen molar-refractivity contribution < 1.29 is 4.42 Å². The molecular formula is C11H18N2O. The Morgan fingerprint density at radius 1 is 1.50 bits per heavy atom. The van der Waals surface area contributed by atoms with Gasteiger partial charge in [0.05, 0.1) is 12.8 Å². The van der Waals surface area contributed by atoms with Crippen LogP contribution < -0.4 is 5.73 Å². The minimum Gasteiger partial charge on any atom is -0.468 e. The van der Waals surface area contributed by atoms with Crippen LogP contribution in [0.3, 0.4) is 0 Å². The fraction of sp³-hybridized carbons (Fsp3) is 0.636. The van der Waals surface area contributed by atoms with Gasteiger partial charge < -0.3 is 10.2 Å². The fourth-order valence-corrected chi connectivity index (χ4v) is 1.90. The van der Waals surface area contributed by atoms with Gasteiger partial charge in [0.2, 0.25) is 0 Å². The number of furan rings is 1. The van der Waals surface area contributed by atoms with Crippen molar-refractivity contribution in [3.05, 3.63) is 23.7 Å². The Morgan fingerprint density at radius 3 is 2.79 bits per heavy atom. The first kappa shape index (κ1) is 9.74. The number of hydrogen-bond acceptors (Lipinski definition) is 3. The maximum atomic E-state index is 5.84. The highest BCUT2D eigenvalue weighted by Gasteiger charge is 2.16. The number of nitrogens with zero attached hydrogens (tertiary/aromatic N) is 1. The molecule has 1 aromatic rings. The van der Waals surface area contributed by atoms with E-state index < -0.39 is 0 Å². The van der Waals surface area contributed by atoms with Crippen molar-refractivity contribution in [2.75, 3.05) is 13.1 Å². The van der Waals surface area contributed by atoms with E-state index in [1.165, 1.54) is 5.56 Å². The summed E-state index contributed by atoms with van der Waals surface area (Å²) in [6.07, 6.45) is 4.03. The third-order valence-corrected chi connectivity index (χ3v) is 2.80. The fourth-order valence-electron chi connectivity index (χ4n) is 1.90. The van der Waals surface area contributed by atoms with E-state index in [0.29, 0.717) is 6.04 Å². The van der Waals surface area contributed by atoms with Crippen LogP contribution in [-0.4, -0.2) is 24.0 Å². The van der Waals surface area contributed by atoms with Gasteiger partial charge >= 0.3 is 0 Å². The van der Waals surface area contributed by atoms with Crippen LogP contribution in [0.4, 0.5) is 0 Å². The zero-order chi connectivity index (χ0) is 9.97. The van der Waals surface area contributed by atoms with Crippen LogP contribution in [-0.2, 0) is 6.54 Å². The van der Waals surface area contributed by atoms with Gasteiger partial charge in [-0.25, -0.2) is 0 Å². The summed E-state index contributed by atoms with van der Waals surface area (Å²) in [6, 6.07) is 2.51. The third kappa shape index (κ3) is 2.36. The molecule has 0 atom stereocenters. The standard InChI is InChI=1S/C11H18N2O/c1-9-6-11(14-8-9)7-13-4-2-10(12)3-5-13/h6,8,10H,2-5,7,12H2,1H3. The van der Waals surface area contributed by atoms with Gasteiger partial charge in [-0.1, -0.05) is 0 Å². The van der Waals surface area contributed by atoms with Gasteiger partial charge in [-0.2, -0.15) is 0 Å². The molecule has 1 fully saturated rings. The van der Waals surface area contributed by atoms with Crippen molar-refractivity contribution in [2.45, 2.75) is 32.4 Å². The Labute approximate surface area is 84.9 Å². The number of likely N-dealkylation sites (tertiary alicyclic amines) is 1. The highest BCUT2D eigenvalue weighted by atomic mass is 16.3. The molecule has 0 spiro atoms. The molecule has 78 valence electrons. The SMILES string of the molecule is Cc1coc(CN2CCC(N)CC2)c1. The van der Waals surface area contributed by atoms with Crippen molar-refractivity contribution in [1.29, 1.82) is 0 Å². The van der Waals surface area contributed by atoms with Crippen LogP contribution in [0.25, 0.3) is 0 Å². The zero-order valence-corrected chi connectivity index (χ0v) is 8.70. The molecule has 0 amide bonds. The number of aryl methyl sites for hydroxylation is 1. The first-order valence-corrected chi connectivity index (χ1v) is 5.26. The summed E-state index contributed by atoms with van der Waals surface area (Å²) >= 11 is 0. The molecule has 0 bridgehead atoms. The molecule has 3 heteroatoms. The number of piperidine rings is 1. The van der Waals surface area contributed by atoms with E-state index in [1.807, 2.05) is 6.26 Å². The van der Waals surface area contributed by atoms with Crippen molar-refractivity contribution >= 4 is 0 Å². The van der Waals surface area contributed by atoms with Crippen molar-refractivity contribution in [1.82, 2.24) is 4.90 Å². The Bertz CT molecular complexity index is 287. The van der Waals surface area contributed by atoms with Crippen LogP contribution >= 0.6 is 0 Å². The van der Waals surface area contributed by atoms with Crippen molar-refractivity contribution in [2.24, 2.45) is 5.73 Å². The van der Waals surface area contributed by atoms with E-state index in [9.17, 15) is 0 Å². The maximum absolute atomic E-state index is 5.84. The maximum Gasteiger partial charge on any atom is 0.118 e. The highest BCUT2D eigenvalue weighted by Crippen LogP contribution is 2.14. The van der Waals surface area contributed by atoms with Crippen LogP contribution in [0.15, 0.2) is 16.7 Å². The summed E-state index contributed by atoms with van der Waals surface area (Å²) in [5.41, 5.74) is 7.05. The van der Waals surface area contributed by atoms with E-state index in [2.05, 4.69) is 17.9 Å². The monoisotopic (exact) mass is 194 g/mol. The van der Waals surface area contributed by atoms with E-state index in [0.717, 1.165) is 38.2 Å². The van der Waals surface area contributed by atoms with Gasteiger partial charge in [0, 0.05) is 19.1 Å². The molecule has 2 rings (SSSR count).